The van der Waals surface area contributed by atoms with Crippen LogP contribution in [-0.2, 0) is 6.54 Å². The van der Waals surface area contributed by atoms with E-state index in [1.54, 1.807) is 17.7 Å². The molecule has 0 amide bonds. The Balaban J connectivity index is 2.31. The molecule has 1 heterocycles. The molecule has 0 aliphatic heterocycles. The Labute approximate surface area is 116 Å². The molecule has 1 N–H and O–H groups in total. The highest BCUT2D eigenvalue weighted by Crippen LogP contribution is 2.21. The van der Waals surface area contributed by atoms with E-state index in [2.05, 4.69) is 15.4 Å². The Kier molecular flexibility index (Phi) is 4.44. The predicted molar refractivity (Wildman–Crippen MR) is 72.3 cm³/mol. The lowest BCUT2D eigenvalue weighted by Gasteiger charge is -2.19. The smallest absolute Gasteiger partial charge is 0.163 e. The van der Waals surface area contributed by atoms with E-state index < -0.39 is 11.6 Å². The fraction of sp³-hybridized carbons (Fsp3) is 0.429. The minimum Gasteiger partial charge on any atom is -0.309 e. The van der Waals surface area contributed by atoms with Crippen molar-refractivity contribution in [3.8, 4) is 0 Å². The van der Waals surface area contributed by atoms with Crippen molar-refractivity contribution in [3.63, 3.8) is 0 Å². The summed E-state index contributed by atoms with van der Waals surface area (Å²) in [5, 5.41) is 7.42. The van der Waals surface area contributed by atoms with Crippen LogP contribution in [0.3, 0.4) is 0 Å². The zero-order valence-electron chi connectivity index (χ0n) is 11.8. The Morgan fingerprint density at radius 2 is 2.05 bits per heavy atom. The Bertz CT molecular complexity index is 595. The molecule has 108 valence electrons. The molecule has 1 unspecified atom stereocenters. The van der Waals surface area contributed by atoms with Gasteiger partial charge in [0.1, 0.15) is 11.6 Å². The van der Waals surface area contributed by atoms with Gasteiger partial charge in [0, 0.05) is 5.56 Å². The van der Waals surface area contributed by atoms with Gasteiger partial charge in [-0.15, -0.1) is 0 Å². The van der Waals surface area contributed by atoms with Gasteiger partial charge in [0.05, 0.1) is 12.6 Å². The van der Waals surface area contributed by atoms with E-state index in [9.17, 15) is 8.78 Å². The van der Waals surface area contributed by atoms with E-state index in [0.29, 0.717) is 24.5 Å². The Hall–Kier alpha value is -1.82. The van der Waals surface area contributed by atoms with Gasteiger partial charge in [0.15, 0.2) is 11.6 Å². The van der Waals surface area contributed by atoms with Crippen molar-refractivity contribution >= 4 is 0 Å². The third kappa shape index (κ3) is 3.01. The summed E-state index contributed by atoms with van der Waals surface area (Å²) in [5.74, 6) is -0.232. The third-order valence-electron chi connectivity index (χ3n) is 3.13. The number of nitrogens with zero attached hydrogens (tertiary/aromatic N) is 3. The lowest BCUT2D eigenvalue weighted by molar-refractivity contribution is 0.412. The summed E-state index contributed by atoms with van der Waals surface area (Å²) >= 11 is 0. The lowest BCUT2D eigenvalue weighted by atomic mass is 10.1. The van der Waals surface area contributed by atoms with Crippen LogP contribution in [-0.4, -0.2) is 21.3 Å². The summed E-state index contributed by atoms with van der Waals surface area (Å²) in [6.45, 7) is 6.61. The monoisotopic (exact) mass is 280 g/mol. The summed E-state index contributed by atoms with van der Waals surface area (Å²) in [7, 11) is 0. The molecule has 0 fully saturated rings. The van der Waals surface area contributed by atoms with Crippen molar-refractivity contribution in [1.29, 1.82) is 0 Å². The van der Waals surface area contributed by atoms with Crippen LogP contribution in [0.4, 0.5) is 8.78 Å². The van der Waals surface area contributed by atoms with Crippen LogP contribution in [0, 0.1) is 25.5 Å². The standard InChI is InChI=1S/C14H18F2N4/c1-4-17-13(8-20-10(3)18-9(2)19-20)11-6-5-7-12(15)14(11)16/h5-7,13,17H,4,8H2,1-3H3. The van der Waals surface area contributed by atoms with E-state index in [1.165, 1.54) is 6.07 Å². The largest absolute Gasteiger partial charge is 0.309 e. The van der Waals surface area contributed by atoms with Crippen LogP contribution >= 0.6 is 0 Å². The molecular weight excluding hydrogens is 262 g/mol. The summed E-state index contributed by atoms with van der Waals surface area (Å²) in [6, 6.07) is 3.87. The molecule has 0 saturated heterocycles. The molecule has 2 aromatic rings. The average molecular weight is 280 g/mol. The van der Waals surface area contributed by atoms with Crippen molar-refractivity contribution in [1.82, 2.24) is 20.1 Å². The Morgan fingerprint density at radius 3 is 2.65 bits per heavy atom. The molecule has 20 heavy (non-hydrogen) atoms. The molecule has 4 nitrogen and oxygen atoms in total. The van der Waals surface area contributed by atoms with Gasteiger partial charge in [0.2, 0.25) is 0 Å². The van der Waals surface area contributed by atoms with Crippen molar-refractivity contribution in [2.45, 2.75) is 33.4 Å². The Morgan fingerprint density at radius 1 is 1.30 bits per heavy atom. The summed E-state index contributed by atoms with van der Waals surface area (Å²) in [4.78, 5) is 4.21. The van der Waals surface area contributed by atoms with Gasteiger partial charge in [-0.25, -0.2) is 18.4 Å². The molecule has 0 spiro atoms. The van der Waals surface area contributed by atoms with E-state index in [1.807, 2.05) is 13.8 Å². The maximum absolute atomic E-state index is 13.9. The minimum absolute atomic E-state index is 0.305. The zero-order valence-corrected chi connectivity index (χ0v) is 11.8. The van der Waals surface area contributed by atoms with Gasteiger partial charge >= 0.3 is 0 Å². The summed E-state index contributed by atoms with van der Waals surface area (Å²) < 4.78 is 29.0. The highest BCUT2D eigenvalue weighted by Gasteiger charge is 2.19. The number of benzene rings is 1. The normalized spacial score (nSPS) is 12.7. The summed E-state index contributed by atoms with van der Waals surface area (Å²) in [6.07, 6.45) is 0. The quantitative estimate of drug-likeness (QED) is 0.915. The lowest BCUT2D eigenvalue weighted by Crippen LogP contribution is -2.27. The molecule has 0 bridgehead atoms. The van der Waals surface area contributed by atoms with E-state index in [0.717, 1.165) is 11.9 Å². The van der Waals surface area contributed by atoms with E-state index in [-0.39, 0.29) is 6.04 Å². The molecule has 1 aromatic heterocycles. The second-order valence-electron chi connectivity index (χ2n) is 4.64. The number of aromatic nitrogens is 3. The SMILES string of the molecule is CCNC(Cn1nc(C)nc1C)c1cccc(F)c1F. The molecule has 0 aliphatic carbocycles. The molecule has 1 aromatic carbocycles. The van der Waals surface area contributed by atoms with Gasteiger partial charge in [-0.2, -0.15) is 5.10 Å². The molecule has 6 heteroatoms. The third-order valence-corrected chi connectivity index (χ3v) is 3.13. The van der Waals surface area contributed by atoms with Gasteiger partial charge in [-0.05, 0) is 26.5 Å². The van der Waals surface area contributed by atoms with E-state index >= 15 is 0 Å². The maximum Gasteiger partial charge on any atom is 0.163 e. The number of hydrogen-bond acceptors (Lipinski definition) is 3. The van der Waals surface area contributed by atoms with Crippen molar-refractivity contribution < 1.29 is 8.78 Å². The fourth-order valence-electron chi connectivity index (χ4n) is 2.22. The van der Waals surface area contributed by atoms with Crippen LogP contribution in [0.5, 0.6) is 0 Å². The first-order chi connectivity index (χ1) is 9.52. The van der Waals surface area contributed by atoms with Crippen molar-refractivity contribution in [2.24, 2.45) is 0 Å². The number of aryl methyl sites for hydroxylation is 2. The number of hydrogen-bond donors (Lipinski definition) is 1. The van der Waals surface area contributed by atoms with Crippen molar-refractivity contribution in [2.75, 3.05) is 6.54 Å². The topological polar surface area (TPSA) is 42.7 Å². The first kappa shape index (κ1) is 14.6. The zero-order chi connectivity index (χ0) is 14.7. The van der Waals surface area contributed by atoms with Gasteiger partial charge in [0.25, 0.3) is 0 Å². The predicted octanol–water partition coefficient (Wildman–Crippen LogP) is 2.52. The van der Waals surface area contributed by atoms with Crippen LogP contribution in [0.25, 0.3) is 0 Å². The molecule has 0 aliphatic rings. The minimum atomic E-state index is -0.836. The molecule has 1 atom stereocenters. The fourth-order valence-corrected chi connectivity index (χ4v) is 2.22. The second-order valence-corrected chi connectivity index (χ2v) is 4.64. The number of nitrogens with one attached hydrogen (secondary N) is 1. The maximum atomic E-state index is 13.9. The number of likely N-dealkylation sites (N-methyl/N-ethyl adjacent to an activating group) is 1. The molecule has 0 radical (unpaired) electrons. The van der Waals surface area contributed by atoms with Gasteiger partial charge < -0.3 is 5.32 Å². The average Bonchev–Trinajstić information content (AvgIpc) is 2.71. The second kappa shape index (κ2) is 6.09. The van der Waals surface area contributed by atoms with Crippen LogP contribution < -0.4 is 5.32 Å². The van der Waals surface area contributed by atoms with E-state index in [4.69, 9.17) is 0 Å². The van der Waals surface area contributed by atoms with Crippen LogP contribution in [0.1, 0.15) is 30.2 Å². The highest BCUT2D eigenvalue weighted by atomic mass is 19.2. The first-order valence-corrected chi connectivity index (χ1v) is 6.58. The van der Waals surface area contributed by atoms with Gasteiger partial charge in [-0.1, -0.05) is 19.1 Å². The highest BCUT2D eigenvalue weighted by molar-refractivity contribution is 5.22. The number of halogens is 2. The molecule has 0 saturated carbocycles. The van der Waals surface area contributed by atoms with Crippen LogP contribution in [0.2, 0.25) is 0 Å². The van der Waals surface area contributed by atoms with Gasteiger partial charge in [-0.3, -0.25) is 0 Å². The van der Waals surface area contributed by atoms with Crippen LogP contribution in [0.15, 0.2) is 18.2 Å². The molecular formula is C14H18F2N4. The molecule has 2 rings (SSSR count). The number of rotatable bonds is 5. The van der Waals surface area contributed by atoms with Crippen molar-refractivity contribution in [3.05, 3.63) is 47.0 Å². The first-order valence-electron chi connectivity index (χ1n) is 6.58. The summed E-state index contributed by atoms with van der Waals surface area (Å²) in [5.41, 5.74) is 0.305.